The molecule has 0 heterocycles. The van der Waals surface area contributed by atoms with E-state index in [0.29, 0.717) is 11.5 Å². The summed E-state index contributed by atoms with van der Waals surface area (Å²) in [5.41, 5.74) is 1.46. The van der Waals surface area contributed by atoms with Gasteiger partial charge in [-0.05, 0) is 54.9 Å². The van der Waals surface area contributed by atoms with Gasteiger partial charge < -0.3 is 10.6 Å². The highest BCUT2D eigenvalue weighted by Crippen LogP contribution is 2.38. The first-order chi connectivity index (χ1) is 8.94. The molecule has 1 fully saturated rings. The Kier molecular flexibility index (Phi) is 4.46. The van der Waals surface area contributed by atoms with Crippen molar-refractivity contribution in [3.8, 4) is 0 Å². The minimum absolute atomic E-state index is 0.414. The summed E-state index contributed by atoms with van der Waals surface area (Å²) in [5, 5.41) is 7.46. The van der Waals surface area contributed by atoms with Crippen LogP contribution in [0.15, 0.2) is 30.3 Å². The minimum Gasteiger partial charge on any atom is -0.360 e. The van der Waals surface area contributed by atoms with Gasteiger partial charge in [0.2, 0.25) is 0 Å². The Hall–Kier alpha value is -1.09. The molecule has 0 aromatic heterocycles. The van der Waals surface area contributed by atoms with E-state index < -0.39 is 0 Å². The molecule has 0 radical (unpaired) electrons. The molecule has 1 aliphatic rings. The largest absolute Gasteiger partial charge is 0.360 e. The zero-order valence-electron chi connectivity index (χ0n) is 12.1. The minimum atomic E-state index is 0.414. The van der Waals surface area contributed by atoms with E-state index >= 15 is 0 Å². The average Bonchev–Trinajstić information content (AvgIpc) is 2.26. The van der Waals surface area contributed by atoms with E-state index in [0.717, 1.165) is 16.7 Å². The topological polar surface area (TPSA) is 24.1 Å². The molecule has 19 heavy (non-hydrogen) atoms. The van der Waals surface area contributed by atoms with Gasteiger partial charge in [0.05, 0.1) is 0 Å². The molecule has 0 amide bonds. The summed E-state index contributed by atoms with van der Waals surface area (Å²) in [6, 6.07) is 10.6. The van der Waals surface area contributed by atoms with Crippen LogP contribution in [0.1, 0.15) is 40.0 Å². The first kappa shape index (κ1) is 14.3. The quantitative estimate of drug-likeness (QED) is 0.792. The number of benzene rings is 1. The third-order valence-corrected chi connectivity index (χ3v) is 3.97. The molecular formula is C16H24N2S. The highest BCUT2D eigenvalue weighted by Gasteiger charge is 2.32. The summed E-state index contributed by atoms with van der Waals surface area (Å²) < 4.78 is 0. The standard InChI is InChI=1S/C16H24N2S/c1-12-9-14(11-16(2,3)10-12)18-15(19)17-13-7-5-4-6-8-13/h4-8,12,14H,9-11H2,1-3H3,(H2,17,18,19). The van der Waals surface area contributed by atoms with Crippen LogP contribution < -0.4 is 10.6 Å². The molecule has 0 spiro atoms. The van der Waals surface area contributed by atoms with Crippen LogP contribution in [0.5, 0.6) is 0 Å². The summed E-state index contributed by atoms with van der Waals surface area (Å²) >= 11 is 5.41. The van der Waals surface area contributed by atoms with Gasteiger partial charge in [0, 0.05) is 11.7 Å². The second kappa shape index (κ2) is 5.91. The molecule has 1 aliphatic carbocycles. The molecule has 1 aromatic rings. The fraction of sp³-hybridized carbons (Fsp3) is 0.562. The van der Waals surface area contributed by atoms with Crippen molar-refractivity contribution < 1.29 is 0 Å². The molecule has 1 saturated carbocycles. The molecule has 0 aliphatic heterocycles. The van der Waals surface area contributed by atoms with Crippen LogP contribution in [0.4, 0.5) is 5.69 Å². The number of para-hydroxylation sites is 1. The zero-order valence-corrected chi connectivity index (χ0v) is 12.9. The van der Waals surface area contributed by atoms with Crippen molar-refractivity contribution in [1.29, 1.82) is 0 Å². The molecule has 2 atom stereocenters. The smallest absolute Gasteiger partial charge is 0.170 e. The Labute approximate surface area is 122 Å². The number of hydrogen-bond acceptors (Lipinski definition) is 1. The fourth-order valence-corrected chi connectivity index (χ4v) is 3.61. The number of rotatable bonds is 2. The SMILES string of the molecule is CC1CC(NC(=S)Nc2ccccc2)CC(C)(C)C1. The van der Waals surface area contributed by atoms with Crippen LogP contribution >= 0.6 is 12.2 Å². The molecule has 2 N–H and O–H groups in total. The highest BCUT2D eigenvalue weighted by atomic mass is 32.1. The molecule has 2 rings (SSSR count). The van der Waals surface area contributed by atoms with Crippen molar-refractivity contribution in [2.24, 2.45) is 11.3 Å². The normalized spacial score (nSPS) is 25.6. The third kappa shape index (κ3) is 4.50. The maximum atomic E-state index is 5.41. The van der Waals surface area contributed by atoms with Crippen molar-refractivity contribution in [1.82, 2.24) is 5.32 Å². The predicted octanol–water partition coefficient (Wildman–Crippen LogP) is 4.19. The second-order valence-electron chi connectivity index (χ2n) is 6.57. The Balaban J connectivity index is 1.88. The summed E-state index contributed by atoms with van der Waals surface area (Å²) in [4.78, 5) is 0. The Morgan fingerprint density at radius 3 is 2.53 bits per heavy atom. The van der Waals surface area contributed by atoms with Crippen LogP contribution in [-0.4, -0.2) is 11.2 Å². The van der Waals surface area contributed by atoms with Crippen molar-refractivity contribution >= 4 is 23.0 Å². The first-order valence-corrected chi connectivity index (χ1v) is 7.48. The van der Waals surface area contributed by atoms with Gasteiger partial charge in [0.1, 0.15) is 0 Å². The van der Waals surface area contributed by atoms with Crippen LogP contribution in [0.25, 0.3) is 0 Å². The molecule has 1 aromatic carbocycles. The van der Waals surface area contributed by atoms with Gasteiger partial charge in [-0.1, -0.05) is 39.0 Å². The van der Waals surface area contributed by atoms with Gasteiger partial charge in [0.15, 0.2) is 5.11 Å². The van der Waals surface area contributed by atoms with E-state index in [1.165, 1.54) is 19.3 Å². The van der Waals surface area contributed by atoms with E-state index in [2.05, 4.69) is 31.4 Å². The number of nitrogens with one attached hydrogen (secondary N) is 2. The summed E-state index contributed by atoms with van der Waals surface area (Å²) in [5.74, 6) is 0.765. The third-order valence-electron chi connectivity index (χ3n) is 3.75. The molecule has 2 nitrogen and oxygen atoms in total. The fourth-order valence-electron chi connectivity index (χ4n) is 3.33. The van der Waals surface area contributed by atoms with Crippen LogP contribution in [0.3, 0.4) is 0 Å². The van der Waals surface area contributed by atoms with E-state index in [1.807, 2.05) is 30.3 Å². The Morgan fingerprint density at radius 2 is 1.89 bits per heavy atom. The van der Waals surface area contributed by atoms with Gasteiger partial charge >= 0.3 is 0 Å². The lowest BCUT2D eigenvalue weighted by molar-refractivity contribution is 0.162. The maximum Gasteiger partial charge on any atom is 0.170 e. The molecule has 104 valence electrons. The molecule has 0 bridgehead atoms. The number of hydrogen-bond donors (Lipinski definition) is 2. The van der Waals surface area contributed by atoms with Crippen molar-refractivity contribution in [2.45, 2.75) is 46.1 Å². The summed E-state index contributed by atoms with van der Waals surface area (Å²) in [6.45, 7) is 7.04. The van der Waals surface area contributed by atoms with Crippen molar-refractivity contribution in [2.75, 3.05) is 5.32 Å². The first-order valence-electron chi connectivity index (χ1n) is 7.07. The van der Waals surface area contributed by atoms with Crippen LogP contribution in [-0.2, 0) is 0 Å². The monoisotopic (exact) mass is 276 g/mol. The van der Waals surface area contributed by atoms with E-state index in [1.54, 1.807) is 0 Å². The summed E-state index contributed by atoms with van der Waals surface area (Å²) in [7, 11) is 0. The highest BCUT2D eigenvalue weighted by molar-refractivity contribution is 7.80. The van der Waals surface area contributed by atoms with E-state index in [9.17, 15) is 0 Å². The van der Waals surface area contributed by atoms with Crippen molar-refractivity contribution in [3.05, 3.63) is 30.3 Å². The molecule has 3 heteroatoms. The van der Waals surface area contributed by atoms with Gasteiger partial charge in [0.25, 0.3) is 0 Å². The molecular weight excluding hydrogens is 252 g/mol. The molecule has 0 saturated heterocycles. The second-order valence-corrected chi connectivity index (χ2v) is 6.98. The predicted molar refractivity (Wildman–Crippen MR) is 86.4 cm³/mol. The van der Waals surface area contributed by atoms with E-state index in [4.69, 9.17) is 12.2 Å². The molecule has 2 unspecified atom stereocenters. The lowest BCUT2D eigenvalue weighted by Gasteiger charge is -2.39. The maximum absolute atomic E-state index is 5.41. The van der Waals surface area contributed by atoms with Crippen molar-refractivity contribution in [3.63, 3.8) is 0 Å². The average molecular weight is 276 g/mol. The van der Waals surface area contributed by atoms with Gasteiger partial charge in [-0.15, -0.1) is 0 Å². The van der Waals surface area contributed by atoms with Gasteiger partial charge in [-0.2, -0.15) is 0 Å². The van der Waals surface area contributed by atoms with Gasteiger partial charge in [-0.3, -0.25) is 0 Å². The van der Waals surface area contributed by atoms with Gasteiger partial charge in [-0.25, -0.2) is 0 Å². The summed E-state index contributed by atoms with van der Waals surface area (Å²) in [6.07, 6.45) is 3.71. The van der Waals surface area contributed by atoms with Crippen LogP contribution in [0, 0.1) is 11.3 Å². The Morgan fingerprint density at radius 1 is 1.21 bits per heavy atom. The lowest BCUT2D eigenvalue weighted by Crippen LogP contribution is -2.44. The zero-order chi connectivity index (χ0) is 13.9. The number of anilines is 1. The lowest BCUT2D eigenvalue weighted by atomic mass is 9.71. The number of thiocarbonyl (C=S) groups is 1. The van der Waals surface area contributed by atoms with E-state index in [-0.39, 0.29) is 0 Å². The van der Waals surface area contributed by atoms with Crippen LogP contribution in [0.2, 0.25) is 0 Å². The Bertz CT molecular complexity index is 428.